The highest BCUT2D eigenvalue weighted by atomic mass is 15.2. The molecule has 1 heterocycles. The first-order valence-corrected chi connectivity index (χ1v) is 8.26. The molecule has 0 amide bonds. The molecule has 2 aromatic carbocycles. The Balaban J connectivity index is 1.79. The fourth-order valence-electron chi connectivity index (χ4n) is 4.12. The summed E-state index contributed by atoms with van der Waals surface area (Å²) in [5.74, 6) is 0.737. The zero-order chi connectivity index (χ0) is 14.2. The van der Waals surface area contributed by atoms with Crippen LogP contribution < -0.4 is 5.32 Å². The van der Waals surface area contributed by atoms with Crippen LogP contribution in [-0.2, 0) is 0 Å². The van der Waals surface area contributed by atoms with Gasteiger partial charge in [0.1, 0.15) is 0 Å². The van der Waals surface area contributed by atoms with Gasteiger partial charge < -0.3 is 5.32 Å². The van der Waals surface area contributed by atoms with E-state index in [4.69, 9.17) is 0 Å². The number of benzene rings is 2. The fourth-order valence-corrected chi connectivity index (χ4v) is 4.12. The van der Waals surface area contributed by atoms with Crippen molar-refractivity contribution >= 4 is 10.8 Å². The first-order chi connectivity index (χ1) is 10.4. The number of rotatable bonds is 4. The van der Waals surface area contributed by atoms with Gasteiger partial charge in [0, 0.05) is 12.1 Å². The quantitative estimate of drug-likeness (QED) is 0.921. The Bertz CT molecular complexity index is 627. The van der Waals surface area contributed by atoms with E-state index in [0.717, 1.165) is 18.5 Å². The van der Waals surface area contributed by atoms with Gasteiger partial charge in [0.05, 0.1) is 0 Å². The Morgan fingerprint density at radius 1 is 1.05 bits per heavy atom. The molecule has 110 valence electrons. The highest BCUT2D eigenvalue weighted by Crippen LogP contribution is 2.45. The summed E-state index contributed by atoms with van der Waals surface area (Å²) in [5.41, 5.74) is 1.54. The first-order valence-electron chi connectivity index (χ1n) is 8.26. The lowest BCUT2D eigenvalue weighted by Crippen LogP contribution is -2.30. The molecule has 1 N–H and O–H groups in total. The van der Waals surface area contributed by atoms with Crippen LogP contribution >= 0.6 is 0 Å². The summed E-state index contributed by atoms with van der Waals surface area (Å²) in [4.78, 5) is 2.78. The minimum Gasteiger partial charge on any atom is -0.319 e. The molecule has 1 saturated carbocycles. The van der Waals surface area contributed by atoms with Crippen LogP contribution in [-0.4, -0.2) is 31.1 Å². The van der Waals surface area contributed by atoms with Gasteiger partial charge in [0.15, 0.2) is 0 Å². The van der Waals surface area contributed by atoms with Crippen molar-refractivity contribution in [2.75, 3.05) is 20.1 Å². The van der Waals surface area contributed by atoms with Crippen LogP contribution in [0.1, 0.15) is 30.9 Å². The van der Waals surface area contributed by atoms with Gasteiger partial charge in [0.2, 0.25) is 0 Å². The molecule has 2 aromatic rings. The van der Waals surface area contributed by atoms with Gasteiger partial charge in [0.25, 0.3) is 0 Å². The Labute approximate surface area is 127 Å². The highest BCUT2D eigenvalue weighted by Gasteiger charge is 2.42. The highest BCUT2D eigenvalue weighted by molar-refractivity contribution is 5.86. The minimum absolute atomic E-state index is 0.594. The second-order valence-electron chi connectivity index (χ2n) is 6.59. The maximum absolute atomic E-state index is 3.41. The number of nitrogens with one attached hydrogen (secondary N) is 1. The normalized spacial score (nSPS) is 26.5. The van der Waals surface area contributed by atoms with Gasteiger partial charge in [-0.2, -0.15) is 0 Å². The summed E-state index contributed by atoms with van der Waals surface area (Å²) in [7, 11) is 2.08. The minimum atomic E-state index is 0.594. The summed E-state index contributed by atoms with van der Waals surface area (Å²) in [6, 6.07) is 17.1. The van der Waals surface area contributed by atoms with Crippen LogP contribution in [0.15, 0.2) is 42.5 Å². The van der Waals surface area contributed by atoms with Crippen LogP contribution in [0.3, 0.4) is 0 Å². The van der Waals surface area contributed by atoms with E-state index in [1.807, 2.05) is 0 Å². The molecule has 0 aromatic heterocycles. The van der Waals surface area contributed by atoms with Crippen molar-refractivity contribution in [1.29, 1.82) is 0 Å². The van der Waals surface area contributed by atoms with E-state index in [-0.39, 0.29) is 0 Å². The van der Waals surface area contributed by atoms with Crippen molar-refractivity contribution in [3.8, 4) is 0 Å². The molecule has 2 unspecified atom stereocenters. The van der Waals surface area contributed by atoms with E-state index in [9.17, 15) is 0 Å². The Morgan fingerprint density at radius 2 is 1.86 bits per heavy atom. The molecule has 1 saturated heterocycles. The number of likely N-dealkylation sites (tertiary alicyclic amines) is 1. The number of nitrogens with zero attached hydrogens (tertiary/aromatic N) is 1. The Morgan fingerprint density at radius 3 is 2.67 bits per heavy atom. The SMILES string of the molecule is CNCC1CCN(C2CC2)C1c1cccc2ccccc12. The van der Waals surface area contributed by atoms with E-state index in [1.165, 1.54) is 42.1 Å². The molecule has 1 aliphatic carbocycles. The van der Waals surface area contributed by atoms with Crippen LogP contribution in [0.25, 0.3) is 10.8 Å². The van der Waals surface area contributed by atoms with Gasteiger partial charge >= 0.3 is 0 Å². The lowest BCUT2D eigenvalue weighted by atomic mass is 9.90. The average molecular weight is 280 g/mol. The summed E-state index contributed by atoms with van der Waals surface area (Å²) in [6.45, 7) is 2.39. The summed E-state index contributed by atoms with van der Waals surface area (Å²) in [6.07, 6.45) is 4.12. The van der Waals surface area contributed by atoms with E-state index in [2.05, 4.69) is 59.7 Å². The van der Waals surface area contributed by atoms with Crippen molar-refractivity contribution in [2.24, 2.45) is 5.92 Å². The third-order valence-electron chi connectivity index (χ3n) is 5.19. The number of hydrogen-bond acceptors (Lipinski definition) is 2. The summed E-state index contributed by atoms with van der Waals surface area (Å²) >= 11 is 0. The second kappa shape index (κ2) is 5.43. The maximum Gasteiger partial charge on any atom is 0.0397 e. The van der Waals surface area contributed by atoms with Crippen molar-refractivity contribution in [3.05, 3.63) is 48.0 Å². The van der Waals surface area contributed by atoms with Crippen LogP contribution in [0.5, 0.6) is 0 Å². The molecule has 4 rings (SSSR count). The molecule has 2 heteroatoms. The third kappa shape index (κ3) is 2.37. The van der Waals surface area contributed by atoms with Crippen LogP contribution in [0, 0.1) is 5.92 Å². The molecule has 2 fully saturated rings. The standard InChI is InChI=1S/C19H24N2/c1-20-13-15-11-12-21(16-9-10-16)19(15)18-8-4-6-14-5-2-3-7-17(14)18/h2-8,15-16,19-20H,9-13H2,1H3. The maximum atomic E-state index is 3.41. The lowest BCUT2D eigenvalue weighted by Gasteiger charge is -2.29. The topological polar surface area (TPSA) is 15.3 Å². The predicted octanol–water partition coefficient (Wildman–Crippen LogP) is 3.58. The van der Waals surface area contributed by atoms with Crippen molar-refractivity contribution in [1.82, 2.24) is 10.2 Å². The Hall–Kier alpha value is -1.38. The van der Waals surface area contributed by atoms with Gasteiger partial charge in [-0.15, -0.1) is 0 Å². The number of hydrogen-bond donors (Lipinski definition) is 1. The molecule has 0 spiro atoms. The van der Waals surface area contributed by atoms with E-state index in [0.29, 0.717) is 6.04 Å². The molecule has 0 radical (unpaired) electrons. The summed E-state index contributed by atoms with van der Waals surface area (Å²) in [5, 5.41) is 6.23. The molecular formula is C19H24N2. The first kappa shape index (κ1) is 13.3. The zero-order valence-corrected chi connectivity index (χ0v) is 12.8. The summed E-state index contributed by atoms with van der Waals surface area (Å²) < 4.78 is 0. The van der Waals surface area contributed by atoms with Crippen molar-refractivity contribution in [2.45, 2.75) is 31.3 Å². The molecule has 2 nitrogen and oxygen atoms in total. The van der Waals surface area contributed by atoms with Crippen LogP contribution in [0.4, 0.5) is 0 Å². The van der Waals surface area contributed by atoms with E-state index < -0.39 is 0 Å². The van der Waals surface area contributed by atoms with E-state index >= 15 is 0 Å². The Kier molecular flexibility index (Phi) is 3.44. The van der Waals surface area contributed by atoms with Crippen molar-refractivity contribution < 1.29 is 0 Å². The van der Waals surface area contributed by atoms with Crippen LogP contribution in [0.2, 0.25) is 0 Å². The fraction of sp³-hybridized carbons (Fsp3) is 0.474. The smallest absolute Gasteiger partial charge is 0.0397 e. The monoisotopic (exact) mass is 280 g/mol. The number of fused-ring (bicyclic) bond motifs is 1. The zero-order valence-electron chi connectivity index (χ0n) is 12.8. The lowest BCUT2D eigenvalue weighted by molar-refractivity contribution is 0.219. The molecule has 21 heavy (non-hydrogen) atoms. The second-order valence-corrected chi connectivity index (χ2v) is 6.59. The van der Waals surface area contributed by atoms with Gasteiger partial charge in [-0.3, -0.25) is 4.90 Å². The van der Waals surface area contributed by atoms with Gasteiger partial charge in [-0.05, 0) is 61.7 Å². The van der Waals surface area contributed by atoms with Gasteiger partial charge in [-0.1, -0.05) is 42.5 Å². The van der Waals surface area contributed by atoms with Crippen molar-refractivity contribution in [3.63, 3.8) is 0 Å². The molecular weight excluding hydrogens is 256 g/mol. The van der Waals surface area contributed by atoms with E-state index in [1.54, 1.807) is 0 Å². The predicted molar refractivity (Wildman–Crippen MR) is 88.5 cm³/mol. The third-order valence-corrected chi connectivity index (χ3v) is 5.19. The molecule has 1 aliphatic heterocycles. The molecule has 0 bridgehead atoms. The average Bonchev–Trinajstić information content (AvgIpc) is 3.29. The molecule has 2 atom stereocenters. The van der Waals surface area contributed by atoms with Gasteiger partial charge in [-0.25, -0.2) is 0 Å². The molecule has 2 aliphatic rings. The largest absolute Gasteiger partial charge is 0.319 e.